The van der Waals surface area contributed by atoms with E-state index in [0.717, 1.165) is 19.0 Å². The number of aromatic nitrogens is 1. The molecular formula is C13H21ClN2S. The number of rotatable bonds is 5. The van der Waals surface area contributed by atoms with Gasteiger partial charge in [-0.2, -0.15) is 0 Å². The summed E-state index contributed by atoms with van der Waals surface area (Å²) in [7, 11) is 0. The van der Waals surface area contributed by atoms with Gasteiger partial charge in [0.2, 0.25) is 0 Å². The molecule has 96 valence electrons. The van der Waals surface area contributed by atoms with Crippen LogP contribution in [0.3, 0.4) is 0 Å². The van der Waals surface area contributed by atoms with Crippen LogP contribution in [0.4, 0.5) is 0 Å². The lowest BCUT2D eigenvalue weighted by molar-refractivity contribution is 0.502. The van der Waals surface area contributed by atoms with E-state index >= 15 is 0 Å². The Labute approximate surface area is 113 Å². The number of hydrogen-bond acceptors (Lipinski definition) is 3. The number of halogens is 1. The van der Waals surface area contributed by atoms with Crippen LogP contribution in [0.25, 0.3) is 0 Å². The number of nitrogens with zero attached hydrogens (tertiary/aromatic N) is 1. The highest BCUT2D eigenvalue weighted by Crippen LogP contribution is 2.45. The zero-order chi connectivity index (χ0) is 12.5. The summed E-state index contributed by atoms with van der Waals surface area (Å²) >= 11 is 7.70. The van der Waals surface area contributed by atoms with E-state index in [1.807, 2.05) is 0 Å². The molecule has 0 unspecified atom stereocenters. The van der Waals surface area contributed by atoms with Gasteiger partial charge in [0.15, 0.2) is 0 Å². The van der Waals surface area contributed by atoms with E-state index in [2.05, 4.69) is 36.5 Å². The molecule has 0 radical (unpaired) electrons. The predicted molar refractivity (Wildman–Crippen MR) is 74.9 cm³/mol. The molecule has 4 heteroatoms. The molecule has 1 N–H and O–H groups in total. The molecule has 0 atom stereocenters. The van der Waals surface area contributed by atoms with E-state index in [0.29, 0.717) is 5.41 Å². The Hall–Kier alpha value is -0.120. The summed E-state index contributed by atoms with van der Waals surface area (Å²) in [5, 5.41) is 6.84. The van der Waals surface area contributed by atoms with E-state index in [1.54, 1.807) is 11.3 Å². The van der Waals surface area contributed by atoms with Gasteiger partial charge in [0, 0.05) is 29.8 Å². The summed E-state index contributed by atoms with van der Waals surface area (Å²) in [5.41, 5.74) is 1.74. The topological polar surface area (TPSA) is 24.9 Å². The summed E-state index contributed by atoms with van der Waals surface area (Å²) in [6, 6.07) is 0. The van der Waals surface area contributed by atoms with E-state index in [9.17, 15) is 0 Å². The Morgan fingerprint density at radius 3 is 2.65 bits per heavy atom. The minimum atomic E-state index is 0.155. The maximum atomic E-state index is 5.95. The second-order valence-electron chi connectivity index (χ2n) is 6.11. The minimum absolute atomic E-state index is 0.155. The Morgan fingerprint density at radius 2 is 2.18 bits per heavy atom. The first-order valence-corrected chi connectivity index (χ1v) is 7.58. The first kappa shape index (κ1) is 13.3. The maximum Gasteiger partial charge on any atom is 0.107 e. The highest BCUT2D eigenvalue weighted by atomic mass is 35.5. The van der Waals surface area contributed by atoms with Crippen molar-refractivity contribution < 1.29 is 0 Å². The van der Waals surface area contributed by atoms with E-state index in [4.69, 9.17) is 11.6 Å². The van der Waals surface area contributed by atoms with Crippen molar-refractivity contribution >= 4 is 22.9 Å². The highest BCUT2D eigenvalue weighted by Gasteiger charge is 2.41. The fourth-order valence-corrected chi connectivity index (χ4v) is 3.06. The first-order valence-electron chi connectivity index (χ1n) is 6.17. The number of thiazole rings is 1. The van der Waals surface area contributed by atoms with Crippen LogP contribution in [-0.2, 0) is 12.0 Å². The molecule has 0 saturated heterocycles. The van der Waals surface area contributed by atoms with Crippen molar-refractivity contribution in [2.75, 3.05) is 12.4 Å². The van der Waals surface area contributed by atoms with Gasteiger partial charge in [-0.1, -0.05) is 20.8 Å². The first-order chi connectivity index (χ1) is 7.95. The van der Waals surface area contributed by atoms with E-state index in [-0.39, 0.29) is 5.41 Å². The van der Waals surface area contributed by atoms with Gasteiger partial charge in [0.1, 0.15) is 5.01 Å². The monoisotopic (exact) mass is 272 g/mol. The molecule has 17 heavy (non-hydrogen) atoms. The molecule has 1 fully saturated rings. The summed E-state index contributed by atoms with van der Waals surface area (Å²) < 4.78 is 0. The number of nitrogens with one attached hydrogen (secondary N) is 1. The highest BCUT2D eigenvalue weighted by molar-refractivity contribution is 7.09. The largest absolute Gasteiger partial charge is 0.310 e. The Bertz CT molecular complexity index is 377. The molecule has 1 aliphatic rings. The van der Waals surface area contributed by atoms with E-state index < -0.39 is 0 Å². The van der Waals surface area contributed by atoms with Crippen molar-refractivity contribution in [3.63, 3.8) is 0 Å². The Kier molecular flexibility index (Phi) is 3.81. The van der Waals surface area contributed by atoms with Crippen LogP contribution in [0.5, 0.6) is 0 Å². The average molecular weight is 273 g/mol. The molecule has 0 aromatic carbocycles. The smallest absolute Gasteiger partial charge is 0.107 e. The molecule has 2 rings (SSSR count). The summed E-state index contributed by atoms with van der Waals surface area (Å²) in [6.45, 7) is 8.50. The third kappa shape index (κ3) is 3.43. The third-order valence-corrected chi connectivity index (χ3v) is 4.75. The lowest BCUT2D eigenvalue weighted by atomic mass is 9.93. The van der Waals surface area contributed by atoms with Gasteiger partial charge in [-0.05, 0) is 18.3 Å². The van der Waals surface area contributed by atoms with Crippen LogP contribution in [0, 0.1) is 5.41 Å². The maximum absolute atomic E-state index is 5.95. The van der Waals surface area contributed by atoms with Crippen LogP contribution >= 0.6 is 22.9 Å². The number of alkyl halides is 1. The van der Waals surface area contributed by atoms with Crippen LogP contribution in [0.15, 0.2) is 5.38 Å². The molecule has 1 saturated carbocycles. The Morgan fingerprint density at radius 1 is 1.47 bits per heavy atom. The van der Waals surface area contributed by atoms with Gasteiger partial charge in [-0.3, -0.25) is 0 Å². The van der Waals surface area contributed by atoms with Gasteiger partial charge in [0.05, 0.1) is 5.69 Å². The zero-order valence-corrected chi connectivity index (χ0v) is 12.4. The average Bonchev–Trinajstić information content (AvgIpc) is 2.86. The summed E-state index contributed by atoms with van der Waals surface area (Å²) in [6.07, 6.45) is 2.54. The molecule has 0 amide bonds. The standard InChI is InChI=1S/C13H21ClN2S/c1-12(2,3)10-7-17-11(16-10)6-15-9-13(8-14)4-5-13/h7,15H,4-6,8-9H2,1-3H3. The molecule has 0 bridgehead atoms. The predicted octanol–water partition coefficient (Wildman–Crippen LogP) is 3.55. The van der Waals surface area contributed by atoms with Gasteiger partial charge >= 0.3 is 0 Å². The number of hydrogen-bond donors (Lipinski definition) is 1. The van der Waals surface area contributed by atoms with Crippen molar-refractivity contribution in [2.24, 2.45) is 5.41 Å². The van der Waals surface area contributed by atoms with Gasteiger partial charge in [-0.25, -0.2) is 4.98 Å². The van der Waals surface area contributed by atoms with Crippen molar-refractivity contribution in [1.82, 2.24) is 10.3 Å². The van der Waals surface area contributed by atoms with Crippen LogP contribution < -0.4 is 5.32 Å². The van der Waals surface area contributed by atoms with Crippen molar-refractivity contribution in [3.05, 3.63) is 16.1 Å². The molecule has 0 spiro atoms. The molecule has 1 aromatic rings. The zero-order valence-electron chi connectivity index (χ0n) is 10.8. The van der Waals surface area contributed by atoms with Gasteiger partial charge in [0.25, 0.3) is 0 Å². The molecule has 1 aliphatic carbocycles. The fourth-order valence-electron chi connectivity index (χ4n) is 1.71. The molecule has 1 heterocycles. The van der Waals surface area contributed by atoms with Crippen molar-refractivity contribution in [1.29, 1.82) is 0 Å². The van der Waals surface area contributed by atoms with Crippen molar-refractivity contribution in [2.45, 2.75) is 45.6 Å². The SMILES string of the molecule is CC(C)(C)c1csc(CNCC2(CCl)CC2)n1. The molecule has 1 aromatic heterocycles. The van der Waals surface area contributed by atoms with Crippen molar-refractivity contribution in [3.8, 4) is 0 Å². The van der Waals surface area contributed by atoms with Gasteiger partial charge < -0.3 is 5.32 Å². The lowest BCUT2D eigenvalue weighted by Gasteiger charge is -2.14. The third-order valence-electron chi connectivity index (χ3n) is 3.34. The van der Waals surface area contributed by atoms with Crippen LogP contribution in [0.2, 0.25) is 0 Å². The summed E-state index contributed by atoms with van der Waals surface area (Å²) in [4.78, 5) is 4.67. The second-order valence-corrected chi connectivity index (χ2v) is 7.32. The molecular weight excluding hydrogens is 252 g/mol. The minimum Gasteiger partial charge on any atom is -0.310 e. The van der Waals surface area contributed by atoms with Gasteiger partial charge in [-0.15, -0.1) is 22.9 Å². The van der Waals surface area contributed by atoms with E-state index in [1.165, 1.54) is 23.5 Å². The molecule has 2 nitrogen and oxygen atoms in total. The second kappa shape index (κ2) is 4.87. The van der Waals surface area contributed by atoms with Crippen LogP contribution in [0.1, 0.15) is 44.3 Å². The normalized spacial score (nSPS) is 18.4. The summed E-state index contributed by atoms with van der Waals surface area (Å²) in [5.74, 6) is 0.783. The lowest BCUT2D eigenvalue weighted by Crippen LogP contribution is -2.24. The molecule has 0 aliphatic heterocycles. The van der Waals surface area contributed by atoms with Crippen LogP contribution in [-0.4, -0.2) is 17.4 Å². The fraction of sp³-hybridized carbons (Fsp3) is 0.769. The Balaban J connectivity index is 1.81. The quantitative estimate of drug-likeness (QED) is 0.830.